The molecule has 10 heteroatoms. The van der Waals surface area contributed by atoms with Crippen LogP contribution in [-0.2, 0) is 21.5 Å². The molecule has 0 atom stereocenters. The smallest absolute Gasteiger partial charge is 0.282 e. The number of halogens is 2. The van der Waals surface area contributed by atoms with Crippen molar-refractivity contribution in [1.29, 1.82) is 0 Å². The van der Waals surface area contributed by atoms with Crippen LogP contribution >= 0.6 is 34.2 Å². The minimum atomic E-state index is -3.78. The van der Waals surface area contributed by atoms with Gasteiger partial charge in [-0.2, -0.15) is 17.9 Å². The third kappa shape index (κ3) is 6.76. The highest BCUT2D eigenvalue weighted by atomic mass is 127. The summed E-state index contributed by atoms with van der Waals surface area (Å²) in [5.74, 6) is 0. The van der Waals surface area contributed by atoms with Gasteiger partial charge in [-0.1, -0.05) is 31.2 Å². The topological polar surface area (TPSA) is 73.6 Å². The lowest BCUT2D eigenvalue weighted by atomic mass is 10.4. The zero-order valence-corrected chi connectivity index (χ0v) is 19.5. The van der Waals surface area contributed by atoms with Gasteiger partial charge in [0.25, 0.3) is 10.0 Å². The SMILES string of the molecule is C[Si](C)(C)CCOCn1cc(/C=N/S(=O)(=O)c2ccc(Cl)cc2)c(I)n1. The molecule has 0 saturated heterocycles. The molecule has 0 unspecified atom stereocenters. The van der Waals surface area contributed by atoms with Gasteiger partial charge < -0.3 is 4.74 Å². The summed E-state index contributed by atoms with van der Waals surface area (Å²) in [6, 6.07) is 6.97. The predicted octanol–water partition coefficient (Wildman–Crippen LogP) is 4.26. The molecule has 0 aliphatic rings. The number of rotatable bonds is 8. The van der Waals surface area contributed by atoms with Gasteiger partial charge in [-0.15, -0.1) is 0 Å². The van der Waals surface area contributed by atoms with Crippen molar-refractivity contribution < 1.29 is 13.2 Å². The fourth-order valence-corrected chi connectivity index (χ4v) is 4.19. The summed E-state index contributed by atoms with van der Waals surface area (Å²) < 4.78 is 36.2. The van der Waals surface area contributed by atoms with Crippen LogP contribution in [0.5, 0.6) is 0 Å². The van der Waals surface area contributed by atoms with E-state index in [0.29, 0.717) is 27.6 Å². The van der Waals surface area contributed by atoms with E-state index in [1.54, 1.807) is 10.9 Å². The summed E-state index contributed by atoms with van der Waals surface area (Å²) in [4.78, 5) is 0.0928. The van der Waals surface area contributed by atoms with Crippen molar-refractivity contribution >= 4 is 58.5 Å². The minimum absolute atomic E-state index is 0.0928. The van der Waals surface area contributed by atoms with Crippen LogP contribution in [0.2, 0.25) is 30.7 Å². The van der Waals surface area contributed by atoms with Crippen LogP contribution in [0.25, 0.3) is 0 Å². The van der Waals surface area contributed by atoms with Crippen LogP contribution in [0.3, 0.4) is 0 Å². The van der Waals surface area contributed by atoms with Crippen molar-refractivity contribution in [2.75, 3.05) is 6.61 Å². The first-order valence-corrected chi connectivity index (χ1v) is 14.5. The molecule has 2 rings (SSSR count). The first-order chi connectivity index (χ1) is 12.1. The Hall–Kier alpha value is -0.753. The molecule has 2 aromatic rings. The van der Waals surface area contributed by atoms with Gasteiger partial charge in [-0.05, 0) is 52.9 Å². The molecule has 0 amide bonds. The molecule has 0 bridgehead atoms. The lowest BCUT2D eigenvalue weighted by Crippen LogP contribution is -2.22. The second-order valence-electron chi connectivity index (χ2n) is 6.93. The maximum atomic E-state index is 12.2. The number of aromatic nitrogens is 2. The fourth-order valence-electron chi connectivity index (χ4n) is 1.90. The van der Waals surface area contributed by atoms with Crippen molar-refractivity contribution in [3.8, 4) is 0 Å². The van der Waals surface area contributed by atoms with Gasteiger partial charge in [-0.25, -0.2) is 4.68 Å². The summed E-state index contributed by atoms with van der Waals surface area (Å²) in [5, 5.41) is 4.79. The Morgan fingerprint density at radius 1 is 1.31 bits per heavy atom. The second-order valence-corrected chi connectivity index (χ2v) is 15.6. The van der Waals surface area contributed by atoms with Crippen molar-refractivity contribution in [1.82, 2.24) is 9.78 Å². The molecule has 0 fully saturated rings. The summed E-state index contributed by atoms with van der Waals surface area (Å²) >= 11 is 7.82. The monoisotopic (exact) mass is 525 g/mol. The number of hydrogen-bond acceptors (Lipinski definition) is 4. The molecule has 0 spiro atoms. The van der Waals surface area contributed by atoms with Crippen LogP contribution in [0, 0.1) is 3.70 Å². The molecule has 142 valence electrons. The van der Waals surface area contributed by atoms with E-state index < -0.39 is 18.1 Å². The molecule has 1 heterocycles. The van der Waals surface area contributed by atoms with Gasteiger partial charge in [0.2, 0.25) is 0 Å². The van der Waals surface area contributed by atoms with Crippen LogP contribution in [0.4, 0.5) is 0 Å². The largest absolute Gasteiger partial charge is 0.360 e. The molecule has 6 nitrogen and oxygen atoms in total. The highest BCUT2D eigenvalue weighted by Gasteiger charge is 2.14. The average molecular weight is 526 g/mol. The van der Waals surface area contributed by atoms with Gasteiger partial charge in [0.15, 0.2) is 0 Å². The summed E-state index contributed by atoms with van der Waals surface area (Å²) in [6.45, 7) is 7.91. The Morgan fingerprint density at radius 2 is 1.96 bits per heavy atom. The third-order valence-corrected chi connectivity index (χ3v) is 7.45. The molecule has 1 aromatic carbocycles. The molecule has 0 aliphatic heterocycles. The van der Waals surface area contributed by atoms with Gasteiger partial charge in [-0.3, -0.25) is 0 Å². The van der Waals surface area contributed by atoms with Crippen molar-refractivity contribution in [2.24, 2.45) is 4.40 Å². The first-order valence-electron chi connectivity index (χ1n) is 7.93. The lowest BCUT2D eigenvalue weighted by Gasteiger charge is -2.15. The standard InChI is InChI=1S/C16H21ClIN3O3SSi/c1-26(2,3)9-8-24-12-21-11-13(16(18)20-21)10-19-25(22,23)15-6-4-14(17)5-7-15/h4-7,10-11H,8-9,12H2,1-3H3/b19-10+. The van der Waals surface area contributed by atoms with E-state index in [2.05, 4.69) is 29.1 Å². The van der Waals surface area contributed by atoms with E-state index in [1.165, 1.54) is 30.5 Å². The normalized spacial score (nSPS) is 12.8. The van der Waals surface area contributed by atoms with E-state index in [1.807, 2.05) is 22.6 Å². The van der Waals surface area contributed by atoms with Crippen molar-refractivity contribution in [2.45, 2.75) is 37.3 Å². The van der Waals surface area contributed by atoms with Gasteiger partial charge in [0.1, 0.15) is 10.4 Å². The van der Waals surface area contributed by atoms with E-state index >= 15 is 0 Å². The number of benzene rings is 1. The Labute approximate surface area is 173 Å². The summed E-state index contributed by atoms with van der Waals surface area (Å²) in [5.41, 5.74) is 0.622. The van der Waals surface area contributed by atoms with E-state index in [0.717, 1.165) is 6.04 Å². The van der Waals surface area contributed by atoms with E-state index in [9.17, 15) is 8.42 Å². The van der Waals surface area contributed by atoms with E-state index in [4.69, 9.17) is 16.3 Å². The highest BCUT2D eigenvalue weighted by Crippen LogP contribution is 2.17. The van der Waals surface area contributed by atoms with E-state index in [-0.39, 0.29) is 4.90 Å². The third-order valence-electron chi connectivity index (χ3n) is 3.40. The van der Waals surface area contributed by atoms with Gasteiger partial charge in [0, 0.05) is 31.5 Å². The second kappa shape index (κ2) is 8.96. The number of sulfonamides is 1. The van der Waals surface area contributed by atoms with Crippen LogP contribution in [0.1, 0.15) is 5.56 Å². The van der Waals surface area contributed by atoms with Crippen molar-refractivity contribution in [3.05, 3.63) is 44.7 Å². The zero-order chi connectivity index (χ0) is 19.4. The average Bonchev–Trinajstić information content (AvgIpc) is 2.89. The van der Waals surface area contributed by atoms with Crippen molar-refractivity contribution in [3.63, 3.8) is 0 Å². The summed E-state index contributed by atoms with van der Waals surface area (Å²) in [6.07, 6.45) is 3.02. The van der Waals surface area contributed by atoms with Crippen LogP contribution in [-0.4, -0.2) is 39.1 Å². The minimum Gasteiger partial charge on any atom is -0.360 e. The lowest BCUT2D eigenvalue weighted by molar-refractivity contribution is 0.0783. The zero-order valence-electron chi connectivity index (χ0n) is 14.8. The predicted molar refractivity (Wildman–Crippen MR) is 115 cm³/mol. The Bertz CT molecular complexity index is 877. The Morgan fingerprint density at radius 3 is 2.58 bits per heavy atom. The first kappa shape index (κ1) is 21.5. The highest BCUT2D eigenvalue weighted by molar-refractivity contribution is 14.1. The maximum Gasteiger partial charge on any atom is 0.282 e. The van der Waals surface area contributed by atoms with Crippen LogP contribution < -0.4 is 0 Å². The molecular weight excluding hydrogens is 505 g/mol. The van der Waals surface area contributed by atoms with Gasteiger partial charge >= 0.3 is 0 Å². The van der Waals surface area contributed by atoms with Gasteiger partial charge in [0.05, 0.1) is 11.1 Å². The molecule has 0 N–H and O–H groups in total. The number of ether oxygens (including phenoxy) is 1. The van der Waals surface area contributed by atoms with Crippen LogP contribution in [0.15, 0.2) is 39.8 Å². The molecule has 26 heavy (non-hydrogen) atoms. The molecule has 0 radical (unpaired) electrons. The maximum absolute atomic E-state index is 12.2. The molecular formula is C16H21ClIN3O3SSi. The Kier molecular flexibility index (Phi) is 7.42. The molecule has 0 saturated carbocycles. The molecule has 1 aromatic heterocycles. The Balaban J connectivity index is 2.02. The number of hydrogen-bond donors (Lipinski definition) is 0. The molecule has 0 aliphatic carbocycles. The fraction of sp³-hybridized carbons (Fsp3) is 0.375. The quantitative estimate of drug-likeness (QED) is 0.223. The summed E-state index contributed by atoms with van der Waals surface area (Å²) in [7, 11) is -4.90. The number of nitrogens with zero attached hydrogens (tertiary/aromatic N) is 3.